The van der Waals surface area contributed by atoms with Gasteiger partial charge in [-0.05, 0) is 35.7 Å². The second kappa shape index (κ2) is 7.30. The van der Waals surface area contributed by atoms with Crippen molar-refractivity contribution < 1.29 is 9.47 Å². The van der Waals surface area contributed by atoms with Gasteiger partial charge in [-0.25, -0.2) is 0 Å². The lowest BCUT2D eigenvalue weighted by Crippen LogP contribution is -2.25. The summed E-state index contributed by atoms with van der Waals surface area (Å²) in [6.07, 6.45) is 0. The molecule has 0 amide bonds. The Morgan fingerprint density at radius 1 is 1.13 bits per heavy atom. The zero-order chi connectivity index (χ0) is 16.9. The smallest absolute Gasteiger partial charge is 0.124 e. The Morgan fingerprint density at radius 3 is 2.57 bits per heavy atom. The zero-order valence-corrected chi connectivity index (χ0v) is 14.2. The lowest BCUT2D eigenvalue weighted by Gasteiger charge is -2.27. The number of aryl methyl sites for hydroxylation is 1. The highest BCUT2D eigenvalue weighted by molar-refractivity contribution is 5.42. The summed E-state index contributed by atoms with van der Waals surface area (Å²) in [6, 6.07) is 15.9. The van der Waals surface area contributed by atoms with Crippen LogP contribution in [0.5, 0.6) is 5.75 Å². The SMILES string of the molecule is COCC(C)(C)c1ccccc1COc1cc(C#N)ccc1C. The standard InChI is InChI=1S/C20H23NO2/c1-15-9-10-16(12-21)11-19(15)23-13-17-7-5-6-8-18(17)20(2,3)14-22-4/h5-11H,13-14H2,1-4H3. The van der Waals surface area contributed by atoms with E-state index in [9.17, 15) is 0 Å². The number of ether oxygens (including phenoxy) is 2. The van der Waals surface area contributed by atoms with Crippen LogP contribution >= 0.6 is 0 Å². The van der Waals surface area contributed by atoms with E-state index in [-0.39, 0.29) is 5.41 Å². The fourth-order valence-corrected chi connectivity index (χ4v) is 2.73. The fourth-order valence-electron chi connectivity index (χ4n) is 2.73. The van der Waals surface area contributed by atoms with Crippen LogP contribution < -0.4 is 4.74 Å². The molecule has 0 N–H and O–H groups in total. The monoisotopic (exact) mass is 309 g/mol. The van der Waals surface area contributed by atoms with Crippen LogP contribution in [0, 0.1) is 18.3 Å². The van der Waals surface area contributed by atoms with Gasteiger partial charge in [0, 0.05) is 12.5 Å². The molecule has 3 heteroatoms. The summed E-state index contributed by atoms with van der Waals surface area (Å²) in [5.41, 5.74) is 3.90. The van der Waals surface area contributed by atoms with E-state index in [4.69, 9.17) is 14.7 Å². The van der Waals surface area contributed by atoms with E-state index in [0.717, 1.165) is 16.9 Å². The van der Waals surface area contributed by atoms with E-state index in [1.165, 1.54) is 5.56 Å². The molecule has 0 radical (unpaired) electrons. The quantitative estimate of drug-likeness (QED) is 0.795. The van der Waals surface area contributed by atoms with Crippen molar-refractivity contribution >= 4 is 0 Å². The minimum Gasteiger partial charge on any atom is -0.489 e. The van der Waals surface area contributed by atoms with Gasteiger partial charge in [0.25, 0.3) is 0 Å². The Bertz CT molecular complexity index is 714. The number of hydrogen-bond acceptors (Lipinski definition) is 3. The number of hydrogen-bond donors (Lipinski definition) is 0. The summed E-state index contributed by atoms with van der Waals surface area (Å²) in [5.74, 6) is 0.753. The average molecular weight is 309 g/mol. The molecule has 0 aliphatic carbocycles. The maximum atomic E-state index is 9.03. The van der Waals surface area contributed by atoms with Crippen LogP contribution in [0.1, 0.15) is 36.1 Å². The van der Waals surface area contributed by atoms with E-state index >= 15 is 0 Å². The third-order valence-electron chi connectivity index (χ3n) is 3.95. The molecule has 0 aliphatic rings. The first-order valence-electron chi connectivity index (χ1n) is 7.69. The summed E-state index contributed by atoms with van der Waals surface area (Å²) < 4.78 is 11.3. The maximum Gasteiger partial charge on any atom is 0.124 e. The molecule has 0 heterocycles. The van der Waals surface area contributed by atoms with Gasteiger partial charge in [-0.15, -0.1) is 0 Å². The van der Waals surface area contributed by atoms with Crippen molar-refractivity contribution in [2.45, 2.75) is 32.8 Å². The van der Waals surface area contributed by atoms with Crippen LogP contribution in [0.2, 0.25) is 0 Å². The van der Waals surface area contributed by atoms with E-state index in [1.807, 2.05) is 25.1 Å². The van der Waals surface area contributed by atoms with E-state index in [1.54, 1.807) is 19.2 Å². The molecule has 2 aromatic carbocycles. The molecule has 0 atom stereocenters. The first kappa shape index (κ1) is 17.1. The predicted molar refractivity (Wildman–Crippen MR) is 91.6 cm³/mol. The molecule has 2 rings (SSSR count). The number of nitriles is 1. The van der Waals surface area contributed by atoms with Gasteiger partial charge in [0.2, 0.25) is 0 Å². The molecule has 0 saturated carbocycles. The van der Waals surface area contributed by atoms with Gasteiger partial charge in [0.15, 0.2) is 0 Å². The molecular weight excluding hydrogens is 286 g/mol. The second-order valence-electron chi connectivity index (χ2n) is 6.35. The van der Waals surface area contributed by atoms with Crippen LogP contribution in [0.15, 0.2) is 42.5 Å². The molecule has 23 heavy (non-hydrogen) atoms. The Hall–Kier alpha value is -2.31. The van der Waals surface area contributed by atoms with Gasteiger partial charge >= 0.3 is 0 Å². The summed E-state index contributed by atoms with van der Waals surface area (Å²) in [4.78, 5) is 0. The molecule has 0 saturated heterocycles. The zero-order valence-electron chi connectivity index (χ0n) is 14.2. The molecule has 0 aliphatic heterocycles. The minimum atomic E-state index is -0.0851. The summed E-state index contributed by atoms with van der Waals surface area (Å²) in [6.45, 7) is 7.43. The Labute approximate surface area is 138 Å². The molecule has 0 spiro atoms. The Morgan fingerprint density at radius 2 is 1.87 bits per heavy atom. The average Bonchev–Trinajstić information content (AvgIpc) is 2.54. The third-order valence-corrected chi connectivity index (χ3v) is 3.95. The van der Waals surface area contributed by atoms with Gasteiger partial charge in [-0.2, -0.15) is 5.26 Å². The van der Waals surface area contributed by atoms with Crippen molar-refractivity contribution in [3.05, 3.63) is 64.7 Å². The second-order valence-corrected chi connectivity index (χ2v) is 6.35. The first-order chi connectivity index (χ1) is 11.0. The van der Waals surface area contributed by atoms with Crippen molar-refractivity contribution in [2.24, 2.45) is 0 Å². The van der Waals surface area contributed by atoms with Crippen molar-refractivity contribution in [3.8, 4) is 11.8 Å². The topological polar surface area (TPSA) is 42.2 Å². The number of benzene rings is 2. The molecule has 3 nitrogen and oxygen atoms in total. The molecule has 0 unspecified atom stereocenters. The predicted octanol–water partition coefficient (Wildman–Crippen LogP) is 4.37. The van der Waals surface area contributed by atoms with E-state index in [2.05, 4.69) is 32.0 Å². The van der Waals surface area contributed by atoms with Gasteiger partial charge < -0.3 is 9.47 Å². The maximum absolute atomic E-state index is 9.03. The third kappa shape index (κ3) is 4.12. The van der Waals surface area contributed by atoms with Crippen LogP contribution in [0.3, 0.4) is 0 Å². The minimum absolute atomic E-state index is 0.0851. The molecule has 0 fully saturated rings. The largest absolute Gasteiger partial charge is 0.489 e. The Balaban J connectivity index is 2.24. The van der Waals surface area contributed by atoms with Crippen molar-refractivity contribution in [1.82, 2.24) is 0 Å². The summed E-state index contributed by atoms with van der Waals surface area (Å²) in [5, 5.41) is 9.03. The van der Waals surface area contributed by atoms with Gasteiger partial charge in [0.1, 0.15) is 12.4 Å². The van der Waals surface area contributed by atoms with Crippen LogP contribution in [-0.2, 0) is 16.8 Å². The first-order valence-corrected chi connectivity index (χ1v) is 7.69. The van der Waals surface area contributed by atoms with Gasteiger partial charge in [-0.1, -0.05) is 44.2 Å². The number of rotatable bonds is 6. The summed E-state index contributed by atoms with van der Waals surface area (Å²) >= 11 is 0. The fraction of sp³-hybridized carbons (Fsp3) is 0.350. The van der Waals surface area contributed by atoms with E-state index < -0.39 is 0 Å². The van der Waals surface area contributed by atoms with Crippen LogP contribution in [0.25, 0.3) is 0 Å². The van der Waals surface area contributed by atoms with Crippen molar-refractivity contribution in [1.29, 1.82) is 5.26 Å². The van der Waals surface area contributed by atoms with Crippen LogP contribution in [0.4, 0.5) is 0 Å². The van der Waals surface area contributed by atoms with Crippen LogP contribution in [-0.4, -0.2) is 13.7 Å². The normalized spacial score (nSPS) is 11.1. The lowest BCUT2D eigenvalue weighted by molar-refractivity contribution is 0.145. The highest BCUT2D eigenvalue weighted by Crippen LogP contribution is 2.28. The molecule has 0 bridgehead atoms. The van der Waals surface area contributed by atoms with Crippen molar-refractivity contribution in [3.63, 3.8) is 0 Å². The highest BCUT2D eigenvalue weighted by atomic mass is 16.5. The summed E-state index contributed by atoms with van der Waals surface area (Å²) in [7, 11) is 1.72. The Kier molecular flexibility index (Phi) is 5.41. The molecule has 0 aromatic heterocycles. The van der Waals surface area contributed by atoms with E-state index in [0.29, 0.717) is 18.8 Å². The molecule has 120 valence electrons. The highest BCUT2D eigenvalue weighted by Gasteiger charge is 2.23. The number of methoxy groups -OCH3 is 1. The van der Waals surface area contributed by atoms with Gasteiger partial charge in [-0.3, -0.25) is 0 Å². The number of nitrogens with zero attached hydrogens (tertiary/aromatic N) is 1. The van der Waals surface area contributed by atoms with Crippen molar-refractivity contribution in [2.75, 3.05) is 13.7 Å². The van der Waals surface area contributed by atoms with Gasteiger partial charge in [0.05, 0.1) is 18.2 Å². The molecule has 2 aromatic rings. The lowest BCUT2D eigenvalue weighted by atomic mass is 9.82. The molecular formula is C20H23NO2.